The van der Waals surface area contributed by atoms with Crippen molar-refractivity contribution in [3.8, 4) is 0 Å². The number of halogens is 1. The van der Waals surface area contributed by atoms with Crippen molar-refractivity contribution >= 4 is 29.9 Å². The van der Waals surface area contributed by atoms with E-state index in [4.69, 9.17) is 9.15 Å². The minimum Gasteiger partial charge on any atom is -0.465 e. The molecule has 0 spiro atoms. The summed E-state index contributed by atoms with van der Waals surface area (Å²) in [6, 6.07) is 4.30. The van der Waals surface area contributed by atoms with Crippen molar-refractivity contribution in [2.75, 3.05) is 46.4 Å². The molecule has 1 aliphatic heterocycles. The average Bonchev–Trinajstić information content (AvgIpc) is 3.04. The van der Waals surface area contributed by atoms with E-state index < -0.39 is 0 Å². The Balaban J connectivity index is 0.00000312. The number of guanidine groups is 1. The summed E-state index contributed by atoms with van der Waals surface area (Å²) in [6.45, 7) is 9.33. The van der Waals surface area contributed by atoms with E-state index in [-0.39, 0.29) is 30.0 Å². The van der Waals surface area contributed by atoms with Gasteiger partial charge in [-0.05, 0) is 25.5 Å². The summed E-state index contributed by atoms with van der Waals surface area (Å²) in [5.74, 6) is 2.81. The van der Waals surface area contributed by atoms with Crippen LogP contribution < -0.4 is 10.6 Å². The van der Waals surface area contributed by atoms with Gasteiger partial charge in [0.05, 0.1) is 19.3 Å². The Bertz CT molecular complexity index is 501. The fraction of sp³-hybridized carbons (Fsp3) is 0.722. The van der Waals surface area contributed by atoms with Crippen LogP contribution in [-0.4, -0.2) is 57.3 Å². The van der Waals surface area contributed by atoms with Crippen LogP contribution in [0.3, 0.4) is 0 Å². The van der Waals surface area contributed by atoms with E-state index in [2.05, 4.69) is 33.5 Å². The molecule has 1 saturated heterocycles. The second kappa shape index (κ2) is 12.5. The third-order valence-corrected chi connectivity index (χ3v) is 4.34. The number of hydrogen-bond acceptors (Lipinski definition) is 4. The Labute approximate surface area is 168 Å². The topological polar surface area (TPSA) is 62.0 Å². The van der Waals surface area contributed by atoms with E-state index in [0.29, 0.717) is 0 Å². The lowest BCUT2D eigenvalue weighted by Crippen LogP contribution is -2.46. The van der Waals surface area contributed by atoms with Gasteiger partial charge < -0.3 is 19.8 Å². The molecule has 0 aliphatic carbocycles. The predicted octanol–water partition coefficient (Wildman–Crippen LogP) is 2.93. The third kappa shape index (κ3) is 7.53. The maximum atomic E-state index is 5.90. The first kappa shape index (κ1) is 22.2. The molecule has 2 rings (SSSR count). The summed E-state index contributed by atoms with van der Waals surface area (Å²) in [6.07, 6.45) is 3.64. The maximum absolute atomic E-state index is 5.90. The molecule has 1 aliphatic rings. The number of morpholine rings is 1. The first-order valence-corrected chi connectivity index (χ1v) is 9.07. The second-order valence-electron chi connectivity index (χ2n) is 6.20. The molecular weight excluding hydrogens is 431 g/mol. The molecule has 25 heavy (non-hydrogen) atoms. The highest BCUT2D eigenvalue weighted by molar-refractivity contribution is 14.0. The highest BCUT2D eigenvalue weighted by Crippen LogP contribution is 2.23. The molecule has 1 atom stereocenters. The molecule has 0 saturated carbocycles. The van der Waals surface area contributed by atoms with Gasteiger partial charge in [0.15, 0.2) is 5.96 Å². The highest BCUT2D eigenvalue weighted by atomic mass is 127. The minimum absolute atomic E-state index is 0. The Hall–Kier alpha value is -0.800. The van der Waals surface area contributed by atoms with Crippen LogP contribution in [0.4, 0.5) is 0 Å². The minimum atomic E-state index is 0. The van der Waals surface area contributed by atoms with Crippen molar-refractivity contribution in [1.29, 1.82) is 0 Å². The largest absolute Gasteiger partial charge is 0.465 e. The molecule has 0 amide bonds. The van der Waals surface area contributed by atoms with E-state index in [0.717, 1.165) is 56.9 Å². The van der Waals surface area contributed by atoms with E-state index in [1.807, 2.05) is 20.0 Å². The zero-order valence-electron chi connectivity index (χ0n) is 15.7. The fourth-order valence-corrected chi connectivity index (χ4v) is 2.93. The molecule has 2 N–H and O–H groups in total. The monoisotopic (exact) mass is 464 g/mol. The van der Waals surface area contributed by atoms with E-state index >= 15 is 0 Å². The molecule has 0 bridgehead atoms. The van der Waals surface area contributed by atoms with Crippen molar-refractivity contribution in [3.63, 3.8) is 0 Å². The van der Waals surface area contributed by atoms with Crippen LogP contribution in [0, 0.1) is 6.92 Å². The highest BCUT2D eigenvalue weighted by Gasteiger charge is 2.25. The number of unbranched alkanes of at least 4 members (excludes halogenated alkanes) is 2. The smallest absolute Gasteiger partial charge is 0.191 e. The molecule has 7 heteroatoms. The third-order valence-electron chi connectivity index (χ3n) is 4.34. The van der Waals surface area contributed by atoms with Crippen molar-refractivity contribution in [1.82, 2.24) is 15.5 Å². The van der Waals surface area contributed by atoms with Crippen LogP contribution in [-0.2, 0) is 4.74 Å². The summed E-state index contributed by atoms with van der Waals surface area (Å²) < 4.78 is 11.4. The second-order valence-corrected chi connectivity index (χ2v) is 6.20. The molecule has 1 aromatic rings. The molecule has 6 nitrogen and oxygen atoms in total. The summed E-state index contributed by atoms with van der Waals surface area (Å²) >= 11 is 0. The van der Waals surface area contributed by atoms with Crippen LogP contribution in [0.2, 0.25) is 0 Å². The Morgan fingerprint density at radius 1 is 1.24 bits per heavy atom. The van der Waals surface area contributed by atoms with E-state index in [1.54, 1.807) is 0 Å². The Kier molecular flexibility index (Phi) is 11.2. The molecule has 0 aromatic carbocycles. The van der Waals surface area contributed by atoms with Gasteiger partial charge in [-0.3, -0.25) is 9.89 Å². The molecular formula is C18H33IN4O2. The Morgan fingerprint density at radius 3 is 2.60 bits per heavy atom. The van der Waals surface area contributed by atoms with Gasteiger partial charge in [0.1, 0.15) is 11.5 Å². The number of rotatable bonds is 8. The summed E-state index contributed by atoms with van der Waals surface area (Å²) in [5, 5.41) is 6.83. The van der Waals surface area contributed by atoms with E-state index in [9.17, 15) is 0 Å². The normalized spacial score (nSPS) is 17.0. The lowest BCUT2D eigenvalue weighted by atomic mass is 10.1. The first-order valence-electron chi connectivity index (χ1n) is 9.07. The quantitative estimate of drug-likeness (QED) is 0.268. The van der Waals surface area contributed by atoms with Crippen LogP contribution in [0.15, 0.2) is 21.5 Å². The molecule has 0 radical (unpaired) electrons. The maximum Gasteiger partial charge on any atom is 0.191 e. The van der Waals surface area contributed by atoms with Crippen LogP contribution in [0.1, 0.15) is 43.7 Å². The molecule has 2 heterocycles. The summed E-state index contributed by atoms with van der Waals surface area (Å²) in [7, 11) is 1.82. The number of nitrogens with zero attached hydrogens (tertiary/aromatic N) is 2. The van der Waals surface area contributed by atoms with Crippen molar-refractivity contribution in [2.45, 2.75) is 39.2 Å². The van der Waals surface area contributed by atoms with Crippen LogP contribution in [0.5, 0.6) is 0 Å². The molecule has 144 valence electrons. The van der Waals surface area contributed by atoms with Gasteiger partial charge in [-0.1, -0.05) is 19.8 Å². The molecule has 1 aromatic heterocycles. The SMILES string of the molecule is CCCCCNC(=NC)NCC(c1ccc(C)o1)N1CCOCC1.I. The number of hydrogen-bond donors (Lipinski definition) is 2. The standard InChI is InChI=1S/C18H32N4O2.HI/c1-4-5-6-9-20-18(19-3)21-14-16(17-8-7-15(2)24-17)22-10-12-23-13-11-22;/h7-8,16H,4-6,9-14H2,1-3H3,(H2,19,20,21);1H. The first-order chi connectivity index (χ1) is 11.7. The van der Waals surface area contributed by atoms with Crippen molar-refractivity contribution < 1.29 is 9.15 Å². The fourth-order valence-electron chi connectivity index (χ4n) is 2.93. The summed E-state index contributed by atoms with van der Waals surface area (Å²) in [5.41, 5.74) is 0. The van der Waals surface area contributed by atoms with Crippen molar-refractivity contribution in [2.24, 2.45) is 4.99 Å². The van der Waals surface area contributed by atoms with Gasteiger partial charge in [0.2, 0.25) is 0 Å². The summed E-state index contributed by atoms with van der Waals surface area (Å²) in [4.78, 5) is 6.74. The number of furan rings is 1. The van der Waals surface area contributed by atoms with Crippen LogP contribution in [0.25, 0.3) is 0 Å². The molecule has 1 fully saturated rings. The van der Waals surface area contributed by atoms with Gasteiger partial charge >= 0.3 is 0 Å². The number of nitrogens with one attached hydrogen (secondary N) is 2. The zero-order valence-corrected chi connectivity index (χ0v) is 18.0. The van der Waals surface area contributed by atoms with Gasteiger partial charge in [0.25, 0.3) is 0 Å². The Morgan fingerprint density at radius 2 is 2.00 bits per heavy atom. The number of aryl methyl sites for hydroxylation is 1. The zero-order chi connectivity index (χ0) is 17.2. The number of aliphatic imine (C=N–C) groups is 1. The van der Waals surface area contributed by atoms with Gasteiger partial charge in [-0.15, -0.1) is 24.0 Å². The van der Waals surface area contributed by atoms with Gasteiger partial charge in [0, 0.05) is 33.2 Å². The lowest BCUT2D eigenvalue weighted by molar-refractivity contribution is 0.0124. The predicted molar refractivity (Wildman–Crippen MR) is 113 cm³/mol. The van der Waals surface area contributed by atoms with Crippen molar-refractivity contribution in [3.05, 3.63) is 23.7 Å². The van der Waals surface area contributed by atoms with Crippen LogP contribution >= 0.6 is 24.0 Å². The van der Waals surface area contributed by atoms with Gasteiger partial charge in [-0.2, -0.15) is 0 Å². The number of ether oxygens (including phenoxy) is 1. The lowest BCUT2D eigenvalue weighted by Gasteiger charge is -2.33. The van der Waals surface area contributed by atoms with Gasteiger partial charge in [-0.25, -0.2) is 0 Å². The molecule has 1 unspecified atom stereocenters. The average molecular weight is 464 g/mol. The van der Waals surface area contributed by atoms with E-state index in [1.165, 1.54) is 19.3 Å².